The molecular weight excluding hydrogens is 288 g/mol. The summed E-state index contributed by atoms with van der Waals surface area (Å²) in [5, 5.41) is 0. The molecule has 0 aliphatic rings. The number of benzene rings is 2. The molecule has 0 saturated heterocycles. The fourth-order valence-corrected chi connectivity index (χ4v) is 3.01. The van der Waals surface area contributed by atoms with E-state index in [1.807, 2.05) is 6.07 Å². The molecule has 6 heteroatoms. The summed E-state index contributed by atoms with van der Waals surface area (Å²) in [6, 6.07) is 15.2. The normalized spacial score (nSPS) is 11.1. The Morgan fingerprint density at radius 2 is 1.67 bits per heavy atom. The SMILES string of the molecule is CN(c1ccccc1)S(=O)(=O)c1ccc(OCCN)cc1. The van der Waals surface area contributed by atoms with Crippen molar-refractivity contribution in [2.45, 2.75) is 4.90 Å². The monoisotopic (exact) mass is 306 g/mol. The Morgan fingerprint density at radius 1 is 1.05 bits per heavy atom. The zero-order valence-electron chi connectivity index (χ0n) is 11.8. The number of hydrogen-bond donors (Lipinski definition) is 1. The van der Waals surface area contributed by atoms with Gasteiger partial charge in [0.2, 0.25) is 0 Å². The van der Waals surface area contributed by atoms with E-state index >= 15 is 0 Å². The summed E-state index contributed by atoms with van der Waals surface area (Å²) < 4.78 is 31.6. The molecule has 21 heavy (non-hydrogen) atoms. The zero-order chi connectivity index (χ0) is 15.3. The smallest absolute Gasteiger partial charge is 0.264 e. The summed E-state index contributed by atoms with van der Waals surface area (Å²) in [4.78, 5) is 0.217. The molecule has 0 amide bonds. The number of ether oxygens (including phenoxy) is 1. The second kappa shape index (κ2) is 6.60. The average Bonchev–Trinajstić information content (AvgIpc) is 2.53. The van der Waals surface area contributed by atoms with E-state index in [1.165, 1.54) is 23.5 Å². The third-order valence-electron chi connectivity index (χ3n) is 2.99. The third kappa shape index (κ3) is 3.53. The quantitative estimate of drug-likeness (QED) is 0.884. The van der Waals surface area contributed by atoms with E-state index in [1.54, 1.807) is 36.4 Å². The van der Waals surface area contributed by atoms with Crippen molar-refractivity contribution in [1.82, 2.24) is 0 Å². The highest BCUT2D eigenvalue weighted by molar-refractivity contribution is 7.92. The fraction of sp³-hybridized carbons (Fsp3) is 0.200. The number of nitrogens with zero attached hydrogens (tertiary/aromatic N) is 1. The second-order valence-corrected chi connectivity index (χ2v) is 6.39. The van der Waals surface area contributed by atoms with Crippen LogP contribution in [0.1, 0.15) is 0 Å². The Balaban J connectivity index is 2.23. The van der Waals surface area contributed by atoms with Crippen LogP contribution in [0.4, 0.5) is 5.69 Å². The summed E-state index contributed by atoms with van der Waals surface area (Å²) >= 11 is 0. The van der Waals surface area contributed by atoms with Gasteiger partial charge in [0.15, 0.2) is 0 Å². The molecule has 5 nitrogen and oxygen atoms in total. The molecule has 0 bridgehead atoms. The Kier molecular flexibility index (Phi) is 4.82. The Hall–Kier alpha value is -2.05. The molecule has 0 radical (unpaired) electrons. The number of nitrogens with two attached hydrogens (primary N) is 1. The van der Waals surface area contributed by atoms with Crippen LogP contribution in [0.5, 0.6) is 5.75 Å². The highest BCUT2D eigenvalue weighted by Gasteiger charge is 2.20. The minimum atomic E-state index is -3.58. The lowest BCUT2D eigenvalue weighted by Crippen LogP contribution is -2.26. The third-order valence-corrected chi connectivity index (χ3v) is 4.79. The molecule has 2 aromatic rings. The van der Waals surface area contributed by atoms with Crippen molar-refractivity contribution in [1.29, 1.82) is 0 Å². The summed E-state index contributed by atoms with van der Waals surface area (Å²) in [6.45, 7) is 0.812. The topological polar surface area (TPSA) is 72.6 Å². The lowest BCUT2D eigenvalue weighted by Gasteiger charge is -2.19. The Labute approximate surface area is 125 Å². The number of rotatable bonds is 6. The summed E-state index contributed by atoms with van der Waals surface area (Å²) in [5.41, 5.74) is 5.96. The van der Waals surface area contributed by atoms with Crippen LogP contribution in [0.2, 0.25) is 0 Å². The van der Waals surface area contributed by atoms with Crippen LogP contribution in [-0.2, 0) is 10.0 Å². The van der Waals surface area contributed by atoms with Gasteiger partial charge in [-0.25, -0.2) is 8.42 Å². The first-order valence-corrected chi connectivity index (χ1v) is 7.96. The highest BCUT2D eigenvalue weighted by Crippen LogP contribution is 2.23. The van der Waals surface area contributed by atoms with Gasteiger partial charge in [0.05, 0.1) is 10.6 Å². The van der Waals surface area contributed by atoms with E-state index in [-0.39, 0.29) is 4.90 Å². The van der Waals surface area contributed by atoms with Crippen LogP contribution < -0.4 is 14.8 Å². The second-order valence-electron chi connectivity index (χ2n) is 4.42. The minimum absolute atomic E-state index is 0.217. The molecule has 112 valence electrons. The van der Waals surface area contributed by atoms with Gasteiger partial charge in [0.1, 0.15) is 12.4 Å². The Morgan fingerprint density at radius 3 is 2.24 bits per heavy atom. The van der Waals surface area contributed by atoms with E-state index in [9.17, 15) is 8.42 Å². The molecule has 0 atom stereocenters. The van der Waals surface area contributed by atoms with E-state index in [2.05, 4.69) is 0 Å². The first-order chi connectivity index (χ1) is 10.1. The van der Waals surface area contributed by atoms with Crippen molar-refractivity contribution in [3.8, 4) is 5.75 Å². The van der Waals surface area contributed by atoms with Crippen molar-refractivity contribution in [2.75, 3.05) is 24.5 Å². The fourth-order valence-electron chi connectivity index (χ4n) is 1.82. The molecule has 0 saturated carbocycles. The standard InChI is InChI=1S/C15H18N2O3S/c1-17(13-5-3-2-4-6-13)21(18,19)15-9-7-14(8-10-15)20-12-11-16/h2-10H,11-12,16H2,1H3. The van der Waals surface area contributed by atoms with Gasteiger partial charge in [-0.05, 0) is 36.4 Å². The Bertz CT molecular complexity index is 670. The van der Waals surface area contributed by atoms with Gasteiger partial charge in [-0.1, -0.05) is 18.2 Å². The molecule has 2 N–H and O–H groups in total. The number of sulfonamides is 1. The predicted molar refractivity (Wildman–Crippen MR) is 83.0 cm³/mol. The van der Waals surface area contributed by atoms with Gasteiger partial charge in [-0.3, -0.25) is 4.31 Å². The molecule has 2 rings (SSSR count). The van der Waals surface area contributed by atoms with E-state index < -0.39 is 10.0 Å². The van der Waals surface area contributed by atoms with Crippen molar-refractivity contribution >= 4 is 15.7 Å². The average molecular weight is 306 g/mol. The van der Waals surface area contributed by atoms with Crippen LogP contribution in [-0.4, -0.2) is 28.6 Å². The molecule has 0 unspecified atom stereocenters. The molecule has 0 fully saturated rings. The molecule has 0 aromatic heterocycles. The highest BCUT2D eigenvalue weighted by atomic mass is 32.2. The van der Waals surface area contributed by atoms with Crippen LogP contribution in [0.15, 0.2) is 59.5 Å². The zero-order valence-corrected chi connectivity index (χ0v) is 12.6. The summed E-state index contributed by atoms with van der Waals surface area (Å²) in [6.07, 6.45) is 0. The predicted octanol–water partition coefficient (Wildman–Crippen LogP) is 1.85. The van der Waals surface area contributed by atoms with Crippen molar-refractivity contribution in [3.63, 3.8) is 0 Å². The maximum absolute atomic E-state index is 12.5. The molecular formula is C15H18N2O3S. The first-order valence-electron chi connectivity index (χ1n) is 6.52. The maximum Gasteiger partial charge on any atom is 0.264 e. The van der Waals surface area contributed by atoms with Gasteiger partial charge in [0, 0.05) is 13.6 Å². The summed E-state index contributed by atoms with van der Waals surface area (Å²) in [7, 11) is -2.04. The molecule has 0 aliphatic carbocycles. The van der Waals surface area contributed by atoms with Crippen LogP contribution in [0.25, 0.3) is 0 Å². The summed E-state index contributed by atoms with van der Waals surface area (Å²) in [5.74, 6) is 0.599. The molecule has 0 heterocycles. The van der Waals surface area contributed by atoms with E-state index in [4.69, 9.17) is 10.5 Å². The van der Waals surface area contributed by atoms with Gasteiger partial charge in [0.25, 0.3) is 10.0 Å². The van der Waals surface area contributed by atoms with Gasteiger partial charge < -0.3 is 10.5 Å². The van der Waals surface area contributed by atoms with Gasteiger partial charge >= 0.3 is 0 Å². The molecule has 0 aliphatic heterocycles. The number of anilines is 1. The first kappa shape index (κ1) is 15.3. The molecule has 2 aromatic carbocycles. The van der Waals surface area contributed by atoms with E-state index in [0.717, 1.165) is 0 Å². The van der Waals surface area contributed by atoms with Crippen molar-refractivity contribution in [2.24, 2.45) is 5.73 Å². The minimum Gasteiger partial charge on any atom is -0.492 e. The molecule has 0 spiro atoms. The van der Waals surface area contributed by atoms with Crippen LogP contribution in [0.3, 0.4) is 0 Å². The van der Waals surface area contributed by atoms with Gasteiger partial charge in [-0.2, -0.15) is 0 Å². The lowest BCUT2D eigenvalue weighted by molar-refractivity contribution is 0.328. The van der Waals surface area contributed by atoms with Crippen LogP contribution in [0, 0.1) is 0 Å². The van der Waals surface area contributed by atoms with Crippen molar-refractivity contribution < 1.29 is 13.2 Å². The number of para-hydroxylation sites is 1. The lowest BCUT2D eigenvalue weighted by atomic mass is 10.3. The van der Waals surface area contributed by atoms with Gasteiger partial charge in [-0.15, -0.1) is 0 Å². The van der Waals surface area contributed by atoms with Crippen molar-refractivity contribution in [3.05, 3.63) is 54.6 Å². The maximum atomic E-state index is 12.5. The number of hydrogen-bond acceptors (Lipinski definition) is 4. The largest absolute Gasteiger partial charge is 0.492 e. The van der Waals surface area contributed by atoms with E-state index in [0.29, 0.717) is 24.6 Å². The van der Waals surface area contributed by atoms with Crippen LogP contribution >= 0.6 is 0 Å².